The van der Waals surface area contributed by atoms with Crippen LogP contribution in [0.3, 0.4) is 0 Å². The molecule has 33 heavy (non-hydrogen) atoms. The number of hydrogen-bond donors (Lipinski definition) is 0. The lowest BCUT2D eigenvalue weighted by molar-refractivity contribution is -0.274. The Morgan fingerprint density at radius 1 is 1.12 bits per heavy atom. The Morgan fingerprint density at radius 3 is 2.42 bits per heavy atom. The normalized spacial score (nSPS) is 20.6. The number of hydrogen-bond acceptors (Lipinski definition) is 4. The topological polar surface area (TPSA) is 53.4 Å². The summed E-state index contributed by atoms with van der Waals surface area (Å²) in [7, 11) is 1.33. The van der Waals surface area contributed by atoms with E-state index >= 15 is 0 Å². The van der Waals surface area contributed by atoms with Gasteiger partial charge in [-0.15, -0.1) is 13.2 Å². The highest BCUT2D eigenvalue weighted by Gasteiger charge is 2.35. The van der Waals surface area contributed by atoms with Gasteiger partial charge in [-0.05, 0) is 73.1 Å². The average Bonchev–Trinajstić information content (AvgIpc) is 3.09. The smallest absolute Gasteiger partial charge is 0.465 e. The number of rotatable bonds is 4. The number of alkyl halides is 3. The van der Waals surface area contributed by atoms with Gasteiger partial charge in [0, 0.05) is 11.6 Å². The van der Waals surface area contributed by atoms with Crippen LogP contribution in [0.25, 0.3) is 22.4 Å². The largest absolute Gasteiger partial charge is 0.573 e. The highest BCUT2D eigenvalue weighted by Crippen LogP contribution is 2.46. The van der Waals surface area contributed by atoms with Crippen molar-refractivity contribution in [3.05, 3.63) is 48.0 Å². The van der Waals surface area contributed by atoms with Crippen LogP contribution in [0.1, 0.15) is 56.4 Å². The number of methoxy groups -OCH3 is 1. The monoisotopic (exact) mass is 460 g/mol. The molecule has 1 unspecified atom stereocenters. The molecular formula is C25H27F3N2O3. The first-order chi connectivity index (χ1) is 15.5. The zero-order valence-electron chi connectivity index (χ0n) is 19.1. The Morgan fingerprint density at radius 2 is 1.82 bits per heavy atom. The standard InChI is InChI=1S/C25H27F3N2O3/c1-15-11-18(14-24(2,3)13-15)30-21-10-7-17(23(31)32-4)12-20(21)29-22(30)16-5-8-19(9-6-16)33-25(26,27)28/h5-10,12,15,18H,11,13-14H2,1-4H3/t15?,18-/m1/s1. The molecule has 8 heteroatoms. The molecule has 176 valence electrons. The molecule has 2 aromatic carbocycles. The van der Waals surface area contributed by atoms with Gasteiger partial charge in [-0.3, -0.25) is 0 Å². The summed E-state index contributed by atoms with van der Waals surface area (Å²) < 4.78 is 48.8. The first-order valence-electron chi connectivity index (χ1n) is 10.9. The van der Waals surface area contributed by atoms with Crippen molar-refractivity contribution >= 4 is 17.0 Å². The van der Waals surface area contributed by atoms with E-state index in [-0.39, 0.29) is 17.2 Å². The molecule has 4 rings (SSSR count). The van der Waals surface area contributed by atoms with Crippen molar-refractivity contribution in [2.75, 3.05) is 7.11 Å². The fourth-order valence-electron chi connectivity index (χ4n) is 5.21. The van der Waals surface area contributed by atoms with Crippen LogP contribution in [0, 0.1) is 11.3 Å². The van der Waals surface area contributed by atoms with E-state index in [0.717, 1.165) is 24.8 Å². The minimum Gasteiger partial charge on any atom is -0.465 e. The predicted octanol–water partition coefficient (Wildman–Crippen LogP) is 6.78. The summed E-state index contributed by atoms with van der Waals surface area (Å²) in [5.41, 5.74) is 2.73. The van der Waals surface area contributed by atoms with Gasteiger partial charge < -0.3 is 14.0 Å². The third-order valence-corrected chi connectivity index (χ3v) is 6.19. The van der Waals surface area contributed by atoms with Gasteiger partial charge >= 0.3 is 12.3 Å². The van der Waals surface area contributed by atoms with Crippen LogP contribution in [0.5, 0.6) is 5.75 Å². The fraction of sp³-hybridized carbons (Fsp3) is 0.440. The zero-order valence-corrected chi connectivity index (χ0v) is 19.1. The van der Waals surface area contributed by atoms with E-state index in [4.69, 9.17) is 9.72 Å². The van der Waals surface area contributed by atoms with E-state index in [1.807, 2.05) is 6.07 Å². The number of carbonyl (C=O) groups is 1. The highest BCUT2D eigenvalue weighted by atomic mass is 19.4. The van der Waals surface area contributed by atoms with Crippen LogP contribution >= 0.6 is 0 Å². The summed E-state index contributed by atoms with van der Waals surface area (Å²) in [6, 6.07) is 11.2. The molecule has 1 saturated carbocycles. The number of esters is 1. The molecule has 1 fully saturated rings. The maximum absolute atomic E-state index is 12.6. The number of nitrogens with zero attached hydrogens (tertiary/aromatic N) is 2. The lowest BCUT2D eigenvalue weighted by Crippen LogP contribution is -2.29. The summed E-state index contributed by atoms with van der Waals surface area (Å²) >= 11 is 0. The van der Waals surface area contributed by atoms with Crippen molar-refractivity contribution in [3.8, 4) is 17.1 Å². The lowest BCUT2D eigenvalue weighted by Gasteiger charge is -2.40. The third kappa shape index (κ3) is 4.99. The summed E-state index contributed by atoms with van der Waals surface area (Å²) in [5.74, 6) is 0.435. The number of ether oxygens (including phenoxy) is 2. The maximum atomic E-state index is 12.6. The zero-order chi connectivity index (χ0) is 24.0. The molecule has 0 saturated heterocycles. The molecule has 0 radical (unpaired) electrons. The van der Waals surface area contributed by atoms with Crippen molar-refractivity contribution in [2.45, 2.75) is 52.4 Å². The van der Waals surface area contributed by atoms with Crippen molar-refractivity contribution in [3.63, 3.8) is 0 Å². The quantitative estimate of drug-likeness (QED) is 0.403. The Balaban J connectivity index is 1.83. The third-order valence-electron chi connectivity index (χ3n) is 6.19. The molecular weight excluding hydrogens is 433 g/mol. The second-order valence-electron chi connectivity index (χ2n) is 9.64. The number of halogens is 3. The number of benzene rings is 2. The van der Waals surface area contributed by atoms with Gasteiger partial charge in [0.05, 0.1) is 23.7 Å². The highest BCUT2D eigenvalue weighted by molar-refractivity contribution is 5.94. The van der Waals surface area contributed by atoms with Crippen LogP contribution in [-0.2, 0) is 4.74 Å². The first kappa shape index (κ1) is 23.1. The second-order valence-corrected chi connectivity index (χ2v) is 9.64. The van der Waals surface area contributed by atoms with Crippen LogP contribution < -0.4 is 4.74 Å². The molecule has 3 aromatic rings. The Labute approximate surface area is 190 Å². The maximum Gasteiger partial charge on any atom is 0.573 e. The summed E-state index contributed by atoms with van der Waals surface area (Å²) in [5, 5.41) is 0. The molecule has 1 aliphatic carbocycles. The molecule has 1 aromatic heterocycles. The molecule has 2 atom stereocenters. The molecule has 0 N–H and O–H groups in total. The Bertz CT molecular complexity index is 1170. The number of carbonyl (C=O) groups excluding carboxylic acids is 1. The lowest BCUT2D eigenvalue weighted by atomic mass is 9.70. The second kappa shape index (κ2) is 8.39. The molecule has 0 spiro atoms. The Kier molecular flexibility index (Phi) is 5.88. The van der Waals surface area contributed by atoms with Crippen molar-refractivity contribution in [2.24, 2.45) is 11.3 Å². The molecule has 5 nitrogen and oxygen atoms in total. The van der Waals surface area contributed by atoms with Gasteiger partial charge in [-0.1, -0.05) is 20.8 Å². The first-order valence-corrected chi connectivity index (χ1v) is 10.9. The van der Waals surface area contributed by atoms with E-state index in [1.165, 1.54) is 19.2 Å². The minimum absolute atomic E-state index is 0.145. The fourth-order valence-corrected chi connectivity index (χ4v) is 5.21. The van der Waals surface area contributed by atoms with Crippen LogP contribution in [-0.4, -0.2) is 29.0 Å². The van der Waals surface area contributed by atoms with E-state index in [1.54, 1.807) is 24.3 Å². The van der Waals surface area contributed by atoms with Crippen LogP contribution in [0.15, 0.2) is 42.5 Å². The Hall–Kier alpha value is -3.03. The minimum atomic E-state index is -4.75. The van der Waals surface area contributed by atoms with Gasteiger partial charge in [-0.2, -0.15) is 0 Å². The summed E-state index contributed by atoms with van der Waals surface area (Å²) in [6.07, 6.45) is -1.70. The summed E-state index contributed by atoms with van der Waals surface area (Å²) in [4.78, 5) is 16.8. The van der Waals surface area contributed by atoms with Gasteiger partial charge in [0.1, 0.15) is 11.6 Å². The van der Waals surface area contributed by atoms with E-state index < -0.39 is 12.3 Å². The van der Waals surface area contributed by atoms with Crippen LogP contribution in [0.4, 0.5) is 13.2 Å². The number of aromatic nitrogens is 2. The van der Waals surface area contributed by atoms with Crippen molar-refractivity contribution in [1.29, 1.82) is 0 Å². The number of imidazole rings is 1. The predicted molar refractivity (Wildman–Crippen MR) is 119 cm³/mol. The van der Waals surface area contributed by atoms with E-state index in [2.05, 4.69) is 30.1 Å². The van der Waals surface area contributed by atoms with Gasteiger partial charge in [-0.25, -0.2) is 9.78 Å². The van der Waals surface area contributed by atoms with E-state index in [9.17, 15) is 18.0 Å². The molecule has 1 heterocycles. The summed E-state index contributed by atoms with van der Waals surface area (Å²) in [6.45, 7) is 6.76. The SMILES string of the molecule is COC(=O)c1ccc2c(c1)nc(-c1ccc(OC(F)(F)F)cc1)n2[C@@H]1CC(C)CC(C)(C)C1. The molecule has 0 aliphatic heterocycles. The van der Waals surface area contributed by atoms with Crippen molar-refractivity contribution < 1.29 is 27.4 Å². The van der Waals surface area contributed by atoms with E-state index in [0.29, 0.717) is 28.4 Å². The van der Waals surface area contributed by atoms with Gasteiger partial charge in [0.2, 0.25) is 0 Å². The molecule has 0 bridgehead atoms. The average molecular weight is 460 g/mol. The molecule has 1 aliphatic rings. The van der Waals surface area contributed by atoms with Gasteiger partial charge in [0.25, 0.3) is 0 Å². The van der Waals surface area contributed by atoms with Gasteiger partial charge in [0.15, 0.2) is 0 Å². The number of fused-ring (bicyclic) bond motifs is 1. The van der Waals surface area contributed by atoms with Crippen LogP contribution in [0.2, 0.25) is 0 Å². The van der Waals surface area contributed by atoms with Crippen molar-refractivity contribution in [1.82, 2.24) is 9.55 Å². The molecule has 0 amide bonds.